The van der Waals surface area contributed by atoms with Crippen LogP contribution < -0.4 is 5.73 Å². The summed E-state index contributed by atoms with van der Waals surface area (Å²) in [5, 5.41) is 0. The largest absolute Gasteiger partial charge is 0.399 e. The van der Waals surface area contributed by atoms with Gasteiger partial charge in [0.15, 0.2) is 0 Å². The lowest BCUT2D eigenvalue weighted by molar-refractivity contribution is 0.677. The summed E-state index contributed by atoms with van der Waals surface area (Å²) in [5.74, 6) is 1.89. The van der Waals surface area contributed by atoms with E-state index >= 15 is 0 Å². The normalized spacial score (nSPS) is 17.1. The summed E-state index contributed by atoms with van der Waals surface area (Å²) in [6, 6.07) is 15.1. The Bertz CT molecular complexity index is 577. The molecule has 2 N–H and O–H groups in total. The molecule has 3 rings (SSSR count). The van der Waals surface area contributed by atoms with Crippen molar-refractivity contribution in [2.45, 2.75) is 24.2 Å². The minimum Gasteiger partial charge on any atom is -0.399 e. The van der Waals surface area contributed by atoms with Crippen LogP contribution in [0, 0.1) is 6.92 Å². The molecule has 1 nitrogen and oxygen atoms in total. The molecule has 1 aliphatic carbocycles. The summed E-state index contributed by atoms with van der Waals surface area (Å²) in [5.41, 5.74) is 11.0. The molecule has 0 spiro atoms. The third kappa shape index (κ3) is 2.13. The van der Waals surface area contributed by atoms with Crippen LogP contribution in [-0.2, 0) is 6.42 Å². The first-order valence-electron chi connectivity index (χ1n) is 6.31. The highest BCUT2D eigenvalue weighted by molar-refractivity contribution is 7.99. The van der Waals surface area contributed by atoms with Crippen LogP contribution in [0.1, 0.15) is 22.6 Å². The van der Waals surface area contributed by atoms with E-state index in [1.807, 2.05) is 17.8 Å². The molecule has 0 saturated heterocycles. The van der Waals surface area contributed by atoms with E-state index in [9.17, 15) is 0 Å². The average molecular weight is 255 g/mol. The molecule has 1 aliphatic rings. The molecule has 0 heterocycles. The number of hydrogen-bond acceptors (Lipinski definition) is 2. The van der Waals surface area contributed by atoms with E-state index < -0.39 is 0 Å². The average Bonchev–Trinajstić information content (AvgIpc) is 2.35. The molecule has 0 amide bonds. The van der Waals surface area contributed by atoms with E-state index in [1.165, 1.54) is 33.8 Å². The lowest BCUT2D eigenvalue weighted by Gasteiger charge is -2.29. The molecule has 1 atom stereocenters. The number of fused-ring (bicyclic) bond motifs is 1. The molecular weight excluding hydrogens is 238 g/mol. The van der Waals surface area contributed by atoms with Gasteiger partial charge in [-0.05, 0) is 54.2 Å². The van der Waals surface area contributed by atoms with E-state index in [4.69, 9.17) is 5.73 Å². The number of benzene rings is 2. The van der Waals surface area contributed by atoms with Gasteiger partial charge in [0.25, 0.3) is 0 Å². The Morgan fingerprint density at radius 2 is 2.06 bits per heavy atom. The van der Waals surface area contributed by atoms with Crippen molar-refractivity contribution in [3.63, 3.8) is 0 Å². The van der Waals surface area contributed by atoms with Gasteiger partial charge in [-0.15, -0.1) is 11.8 Å². The van der Waals surface area contributed by atoms with Crippen LogP contribution in [0.2, 0.25) is 0 Å². The fourth-order valence-corrected chi connectivity index (χ4v) is 3.56. The van der Waals surface area contributed by atoms with Crippen LogP contribution in [-0.4, -0.2) is 5.75 Å². The molecular formula is C16H17NS. The molecule has 2 heteroatoms. The van der Waals surface area contributed by atoms with Gasteiger partial charge >= 0.3 is 0 Å². The monoisotopic (exact) mass is 255 g/mol. The zero-order valence-electron chi connectivity index (χ0n) is 10.5. The zero-order valence-corrected chi connectivity index (χ0v) is 11.3. The molecule has 2 aromatic rings. The first kappa shape index (κ1) is 11.7. The highest BCUT2D eigenvalue weighted by atomic mass is 32.2. The van der Waals surface area contributed by atoms with Gasteiger partial charge in [0.05, 0.1) is 0 Å². The quantitative estimate of drug-likeness (QED) is 0.662. The smallest absolute Gasteiger partial charge is 0.0344 e. The molecule has 0 aliphatic heterocycles. The number of hydrogen-bond donors (Lipinski definition) is 1. The van der Waals surface area contributed by atoms with Gasteiger partial charge in [-0.25, -0.2) is 0 Å². The SMILES string of the molecule is Cc1cc(SCC2Cc3ccccc32)ccc1N. The summed E-state index contributed by atoms with van der Waals surface area (Å²) in [7, 11) is 0. The number of aryl methyl sites for hydroxylation is 1. The molecule has 0 saturated carbocycles. The minimum atomic E-state index is 0.726. The Labute approximate surface area is 112 Å². The summed E-state index contributed by atoms with van der Waals surface area (Å²) >= 11 is 1.94. The Hall–Kier alpha value is -1.41. The highest BCUT2D eigenvalue weighted by Crippen LogP contribution is 2.38. The fraction of sp³-hybridized carbons (Fsp3) is 0.250. The van der Waals surface area contributed by atoms with Gasteiger partial charge < -0.3 is 5.73 Å². The molecule has 1 unspecified atom stereocenters. The second-order valence-electron chi connectivity index (χ2n) is 4.93. The predicted octanol–water partition coefficient (Wildman–Crippen LogP) is 4.01. The topological polar surface area (TPSA) is 26.0 Å². The van der Waals surface area contributed by atoms with Crippen molar-refractivity contribution in [3.05, 3.63) is 59.2 Å². The number of nitrogens with two attached hydrogens (primary N) is 1. The van der Waals surface area contributed by atoms with Crippen LogP contribution in [0.25, 0.3) is 0 Å². The lowest BCUT2D eigenvalue weighted by atomic mass is 9.79. The first-order chi connectivity index (χ1) is 8.74. The van der Waals surface area contributed by atoms with Gasteiger partial charge in [0.1, 0.15) is 0 Å². The Morgan fingerprint density at radius 3 is 2.83 bits per heavy atom. The summed E-state index contributed by atoms with van der Waals surface area (Å²) < 4.78 is 0. The van der Waals surface area contributed by atoms with Crippen molar-refractivity contribution in [2.75, 3.05) is 11.5 Å². The van der Waals surface area contributed by atoms with Crippen molar-refractivity contribution >= 4 is 17.4 Å². The maximum Gasteiger partial charge on any atom is 0.0344 e. The second-order valence-corrected chi connectivity index (χ2v) is 6.02. The summed E-state index contributed by atoms with van der Waals surface area (Å²) in [4.78, 5) is 1.33. The summed E-state index contributed by atoms with van der Waals surface area (Å²) in [6.45, 7) is 2.07. The van der Waals surface area contributed by atoms with Crippen LogP contribution in [0.4, 0.5) is 5.69 Å². The summed E-state index contributed by atoms with van der Waals surface area (Å²) in [6.07, 6.45) is 1.23. The van der Waals surface area contributed by atoms with Gasteiger partial charge in [-0.2, -0.15) is 0 Å². The number of nitrogen functional groups attached to an aromatic ring is 1. The molecule has 2 aromatic carbocycles. The zero-order chi connectivity index (χ0) is 12.5. The van der Waals surface area contributed by atoms with Crippen molar-refractivity contribution < 1.29 is 0 Å². The highest BCUT2D eigenvalue weighted by Gasteiger charge is 2.25. The fourth-order valence-electron chi connectivity index (χ4n) is 2.45. The maximum absolute atomic E-state index is 5.84. The first-order valence-corrected chi connectivity index (χ1v) is 7.29. The maximum atomic E-state index is 5.84. The van der Waals surface area contributed by atoms with Crippen molar-refractivity contribution in [2.24, 2.45) is 0 Å². The molecule has 18 heavy (non-hydrogen) atoms. The minimum absolute atomic E-state index is 0.726. The van der Waals surface area contributed by atoms with Crippen molar-refractivity contribution in [1.29, 1.82) is 0 Å². The molecule has 92 valence electrons. The van der Waals surface area contributed by atoms with Gasteiger partial charge in [-0.3, -0.25) is 0 Å². The van der Waals surface area contributed by atoms with Gasteiger partial charge in [0, 0.05) is 16.3 Å². The van der Waals surface area contributed by atoms with E-state index in [1.54, 1.807) is 0 Å². The number of thioether (sulfide) groups is 1. The Morgan fingerprint density at radius 1 is 1.22 bits per heavy atom. The second kappa shape index (κ2) is 4.69. The van der Waals surface area contributed by atoms with Crippen LogP contribution in [0.3, 0.4) is 0 Å². The van der Waals surface area contributed by atoms with Gasteiger partial charge in [0.2, 0.25) is 0 Å². The Kier molecular flexibility index (Phi) is 3.04. The Balaban J connectivity index is 1.65. The third-order valence-corrected chi connectivity index (χ3v) is 4.81. The predicted molar refractivity (Wildman–Crippen MR) is 79.2 cm³/mol. The van der Waals surface area contributed by atoms with Gasteiger partial charge in [-0.1, -0.05) is 24.3 Å². The van der Waals surface area contributed by atoms with Crippen LogP contribution in [0.15, 0.2) is 47.4 Å². The van der Waals surface area contributed by atoms with E-state index in [-0.39, 0.29) is 0 Å². The molecule has 0 bridgehead atoms. The van der Waals surface area contributed by atoms with E-state index in [0.717, 1.165) is 11.6 Å². The van der Waals surface area contributed by atoms with Crippen molar-refractivity contribution in [1.82, 2.24) is 0 Å². The number of rotatable bonds is 3. The van der Waals surface area contributed by atoms with E-state index in [0.29, 0.717) is 0 Å². The van der Waals surface area contributed by atoms with E-state index in [2.05, 4.69) is 43.3 Å². The standard InChI is InChI=1S/C16H17NS/c1-11-8-14(6-7-16(11)17)18-10-13-9-12-4-2-3-5-15(12)13/h2-8,13H,9-10,17H2,1H3. The van der Waals surface area contributed by atoms with Crippen molar-refractivity contribution in [3.8, 4) is 0 Å². The van der Waals surface area contributed by atoms with Crippen LogP contribution in [0.5, 0.6) is 0 Å². The lowest BCUT2D eigenvalue weighted by Crippen LogP contribution is -2.18. The molecule has 0 aromatic heterocycles. The van der Waals surface area contributed by atoms with Crippen LogP contribution >= 0.6 is 11.8 Å². The third-order valence-electron chi connectivity index (χ3n) is 3.65. The molecule has 0 radical (unpaired) electrons. The molecule has 0 fully saturated rings. The number of anilines is 1.